The molecule has 0 aromatic heterocycles. The van der Waals surface area contributed by atoms with Crippen LogP contribution in [-0.2, 0) is 24.3 Å². The van der Waals surface area contributed by atoms with Crippen molar-refractivity contribution in [2.45, 2.75) is 58.2 Å². The van der Waals surface area contributed by atoms with E-state index in [4.69, 9.17) is 0 Å². The zero-order valence-electron chi connectivity index (χ0n) is 17.0. The summed E-state index contributed by atoms with van der Waals surface area (Å²) in [5, 5.41) is 5.93. The van der Waals surface area contributed by atoms with Gasteiger partial charge in [0, 0.05) is 36.8 Å². The molecule has 0 bridgehead atoms. The lowest BCUT2D eigenvalue weighted by Gasteiger charge is -2.33. The molecule has 152 valence electrons. The second-order valence-electron chi connectivity index (χ2n) is 8.19. The van der Waals surface area contributed by atoms with Crippen LogP contribution in [0.15, 0.2) is 42.5 Å². The summed E-state index contributed by atoms with van der Waals surface area (Å²) < 4.78 is 0. The van der Waals surface area contributed by atoms with Crippen molar-refractivity contribution in [3.63, 3.8) is 0 Å². The molecule has 0 radical (unpaired) electrons. The number of fused-ring (bicyclic) bond motifs is 1. The Bertz CT molecular complexity index is 909. The van der Waals surface area contributed by atoms with Crippen LogP contribution in [0.25, 0.3) is 0 Å². The zero-order chi connectivity index (χ0) is 20.2. The van der Waals surface area contributed by atoms with Crippen LogP contribution in [0.2, 0.25) is 0 Å². The largest absolute Gasteiger partial charge is 0.348 e. The molecule has 1 atom stereocenters. The number of nitrogens with zero attached hydrogens (tertiary/aromatic N) is 1. The second-order valence-corrected chi connectivity index (χ2v) is 8.19. The number of piperidine rings is 1. The Morgan fingerprint density at radius 3 is 2.79 bits per heavy atom. The number of amides is 2. The molecule has 29 heavy (non-hydrogen) atoms. The molecule has 5 heteroatoms. The van der Waals surface area contributed by atoms with Gasteiger partial charge in [0.15, 0.2) is 0 Å². The minimum absolute atomic E-state index is 0.0364. The summed E-state index contributed by atoms with van der Waals surface area (Å²) in [6.45, 7) is 4.91. The van der Waals surface area contributed by atoms with Crippen molar-refractivity contribution < 1.29 is 9.59 Å². The van der Waals surface area contributed by atoms with Gasteiger partial charge in [0.05, 0.1) is 0 Å². The first kappa shape index (κ1) is 19.6. The summed E-state index contributed by atoms with van der Waals surface area (Å²) in [7, 11) is 0. The first-order valence-corrected chi connectivity index (χ1v) is 10.6. The van der Waals surface area contributed by atoms with Gasteiger partial charge in [0.25, 0.3) is 5.91 Å². The molecule has 0 aliphatic carbocycles. The third-order valence-electron chi connectivity index (χ3n) is 6.13. The Balaban J connectivity index is 1.41. The topological polar surface area (TPSA) is 61.4 Å². The van der Waals surface area contributed by atoms with Gasteiger partial charge in [0.1, 0.15) is 0 Å². The van der Waals surface area contributed by atoms with Crippen molar-refractivity contribution in [1.82, 2.24) is 10.2 Å². The Morgan fingerprint density at radius 2 is 1.97 bits per heavy atom. The summed E-state index contributed by atoms with van der Waals surface area (Å²) in [4.78, 5) is 26.8. The number of aryl methyl sites for hydroxylation is 1. The van der Waals surface area contributed by atoms with E-state index in [2.05, 4.69) is 40.7 Å². The van der Waals surface area contributed by atoms with E-state index in [-0.39, 0.29) is 11.8 Å². The first-order valence-electron chi connectivity index (χ1n) is 10.6. The number of benzene rings is 2. The smallest absolute Gasteiger partial charge is 0.251 e. The fraction of sp³-hybridized carbons (Fsp3) is 0.417. The van der Waals surface area contributed by atoms with Crippen LogP contribution in [0.4, 0.5) is 5.69 Å². The van der Waals surface area contributed by atoms with E-state index in [0.717, 1.165) is 24.3 Å². The van der Waals surface area contributed by atoms with Crippen molar-refractivity contribution >= 4 is 17.5 Å². The van der Waals surface area contributed by atoms with Crippen LogP contribution >= 0.6 is 0 Å². The zero-order valence-corrected chi connectivity index (χ0v) is 17.0. The third-order valence-corrected chi connectivity index (χ3v) is 6.13. The number of carbonyl (C=O) groups is 2. The lowest BCUT2D eigenvalue weighted by atomic mass is 9.99. The number of hydrogen-bond acceptors (Lipinski definition) is 3. The lowest BCUT2D eigenvalue weighted by Crippen LogP contribution is -2.37. The summed E-state index contributed by atoms with van der Waals surface area (Å²) in [5.74, 6) is -0.0415. The molecule has 0 spiro atoms. The van der Waals surface area contributed by atoms with Gasteiger partial charge in [-0.1, -0.05) is 30.7 Å². The molecule has 2 aliphatic heterocycles. The average Bonchev–Trinajstić information content (AvgIpc) is 2.74. The molecule has 2 aromatic rings. The van der Waals surface area contributed by atoms with Gasteiger partial charge in [-0.3, -0.25) is 14.5 Å². The van der Waals surface area contributed by atoms with E-state index >= 15 is 0 Å². The molecule has 4 rings (SSSR count). The number of nitrogens with one attached hydrogen (secondary N) is 2. The highest BCUT2D eigenvalue weighted by Crippen LogP contribution is 2.24. The summed E-state index contributed by atoms with van der Waals surface area (Å²) in [6, 6.07) is 14.5. The van der Waals surface area contributed by atoms with Crippen LogP contribution in [0.5, 0.6) is 0 Å². The highest BCUT2D eigenvalue weighted by atomic mass is 16.2. The highest BCUT2D eigenvalue weighted by Gasteiger charge is 2.20. The third kappa shape index (κ3) is 4.67. The van der Waals surface area contributed by atoms with Gasteiger partial charge < -0.3 is 10.6 Å². The van der Waals surface area contributed by atoms with Crippen molar-refractivity contribution in [2.24, 2.45) is 0 Å². The van der Waals surface area contributed by atoms with Crippen LogP contribution in [-0.4, -0.2) is 29.3 Å². The van der Waals surface area contributed by atoms with E-state index in [9.17, 15) is 9.59 Å². The normalized spacial score (nSPS) is 19.3. The van der Waals surface area contributed by atoms with E-state index in [1.165, 1.54) is 30.4 Å². The van der Waals surface area contributed by atoms with Crippen LogP contribution in [0.3, 0.4) is 0 Å². The van der Waals surface area contributed by atoms with E-state index in [1.54, 1.807) is 6.07 Å². The summed E-state index contributed by atoms with van der Waals surface area (Å²) in [6.07, 6.45) is 5.00. The second kappa shape index (κ2) is 8.78. The Hall–Kier alpha value is -2.66. The number of hydrogen-bond donors (Lipinski definition) is 2. The van der Waals surface area contributed by atoms with E-state index in [0.29, 0.717) is 31.0 Å². The fourth-order valence-corrected chi connectivity index (χ4v) is 4.30. The van der Waals surface area contributed by atoms with Gasteiger partial charge in [0.2, 0.25) is 5.91 Å². The van der Waals surface area contributed by atoms with Gasteiger partial charge in [-0.25, -0.2) is 0 Å². The molecule has 1 fully saturated rings. The fourth-order valence-electron chi connectivity index (χ4n) is 4.30. The number of anilines is 1. The Kier molecular flexibility index (Phi) is 5.95. The minimum atomic E-state index is -0.0779. The highest BCUT2D eigenvalue weighted by molar-refractivity contribution is 5.97. The van der Waals surface area contributed by atoms with Gasteiger partial charge in [-0.15, -0.1) is 0 Å². The Labute approximate surface area is 172 Å². The summed E-state index contributed by atoms with van der Waals surface area (Å²) in [5.41, 5.74) is 4.94. The molecular formula is C24H29N3O2. The maximum Gasteiger partial charge on any atom is 0.251 e. The molecule has 1 unspecified atom stereocenters. The van der Waals surface area contributed by atoms with Crippen LogP contribution in [0.1, 0.15) is 59.7 Å². The molecule has 0 saturated carbocycles. The molecule has 2 N–H and O–H groups in total. The minimum Gasteiger partial charge on any atom is -0.348 e. The molecule has 2 aliphatic rings. The van der Waals surface area contributed by atoms with Gasteiger partial charge in [-0.2, -0.15) is 0 Å². The molecule has 5 nitrogen and oxygen atoms in total. The molecule has 1 saturated heterocycles. The summed E-state index contributed by atoms with van der Waals surface area (Å²) >= 11 is 0. The average molecular weight is 392 g/mol. The molecule has 2 heterocycles. The van der Waals surface area contributed by atoms with Gasteiger partial charge >= 0.3 is 0 Å². The SMILES string of the molecule is CC1CCCCN1Cc1ccccc1CNC(=O)c1ccc2c(c1)CCC(=O)N2. The predicted octanol–water partition coefficient (Wildman–Crippen LogP) is 3.88. The number of rotatable bonds is 5. The molecule has 2 amide bonds. The standard InChI is InChI=1S/C24H29N3O2/c1-17-6-4-5-13-27(17)16-21-8-3-2-7-20(21)15-25-24(29)19-9-11-22-18(14-19)10-12-23(28)26-22/h2-3,7-9,11,14,17H,4-6,10,12-13,15-16H2,1H3,(H,25,29)(H,26,28). The first-order chi connectivity index (χ1) is 14.1. The van der Waals surface area contributed by atoms with Crippen molar-refractivity contribution in [3.8, 4) is 0 Å². The number of likely N-dealkylation sites (tertiary alicyclic amines) is 1. The van der Waals surface area contributed by atoms with Crippen molar-refractivity contribution in [1.29, 1.82) is 0 Å². The maximum atomic E-state index is 12.7. The maximum absolute atomic E-state index is 12.7. The quantitative estimate of drug-likeness (QED) is 0.813. The van der Waals surface area contributed by atoms with Crippen molar-refractivity contribution in [3.05, 3.63) is 64.7 Å². The lowest BCUT2D eigenvalue weighted by molar-refractivity contribution is -0.116. The monoisotopic (exact) mass is 391 g/mol. The number of carbonyl (C=O) groups excluding carboxylic acids is 2. The van der Waals surface area contributed by atoms with Crippen molar-refractivity contribution in [2.75, 3.05) is 11.9 Å². The molecular weight excluding hydrogens is 362 g/mol. The van der Waals surface area contributed by atoms with Crippen LogP contribution in [0, 0.1) is 0 Å². The van der Waals surface area contributed by atoms with E-state index < -0.39 is 0 Å². The Morgan fingerprint density at radius 1 is 1.14 bits per heavy atom. The predicted molar refractivity (Wildman–Crippen MR) is 115 cm³/mol. The van der Waals surface area contributed by atoms with Gasteiger partial charge in [-0.05, 0) is 67.6 Å². The molecule has 2 aromatic carbocycles. The van der Waals surface area contributed by atoms with E-state index in [1.807, 2.05) is 18.2 Å². The van der Waals surface area contributed by atoms with Crippen LogP contribution < -0.4 is 10.6 Å².